The first-order valence-electron chi connectivity index (χ1n) is 4.30. The van der Waals surface area contributed by atoms with Crippen molar-refractivity contribution in [1.29, 1.82) is 0 Å². The van der Waals surface area contributed by atoms with Crippen LogP contribution in [0.3, 0.4) is 0 Å². The molecule has 0 bridgehead atoms. The molecule has 0 aliphatic rings. The van der Waals surface area contributed by atoms with Gasteiger partial charge in [0.15, 0.2) is 0 Å². The van der Waals surface area contributed by atoms with Gasteiger partial charge in [0.05, 0.1) is 13.2 Å². The fourth-order valence-electron chi connectivity index (χ4n) is 0.832. The zero-order chi connectivity index (χ0) is 10.3. The van der Waals surface area contributed by atoms with Gasteiger partial charge in [-0.1, -0.05) is 6.82 Å². The van der Waals surface area contributed by atoms with Crippen molar-refractivity contribution in [3.63, 3.8) is 0 Å². The Kier molecular flexibility index (Phi) is 6.01. The molecule has 0 saturated carbocycles. The van der Waals surface area contributed by atoms with Gasteiger partial charge < -0.3 is 9.47 Å². The van der Waals surface area contributed by atoms with Crippen molar-refractivity contribution in [2.24, 2.45) is 0 Å². The highest BCUT2D eigenvalue weighted by molar-refractivity contribution is 6.49. The number of esters is 2. The lowest BCUT2D eigenvalue weighted by Crippen LogP contribution is -2.26. The fraction of sp³-hybridized carbons (Fsp3) is 0.750. The lowest BCUT2D eigenvalue weighted by atomic mass is 9.67. The molecule has 0 heterocycles. The molecule has 0 N–H and O–H groups in total. The van der Waals surface area contributed by atoms with E-state index >= 15 is 0 Å². The van der Waals surface area contributed by atoms with Gasteiger partial charge in [0, 0.05) is 0 Å². The lowest BCUT2D eigenvalue weighted by Gasteiger charge is -2.11. The number of rotatable bonds is 5. The van der Waals surface area contributed by atoms with E-state index in [0.717, 1.165) is 0 Å². The second kappa shape index (κ2) is 6.51. The first kappa shape index (κ1) is 12.0. The molecule has 73 valence electrons. The van der Waals surface area contributed by atoms with E-state index in [9.17, 15) is 9.59 Å². The zero-order valence-corrected chi connectivity index (χ0v) is 8.20. The van der Waals surface area contributed by atoms with Crippen LogP contribution in [0.1, 0.15) is 13.8 Å². The van der Waals surface area contributed by atoms with Gasteiger partial charge in [-0.05, 0) is 13.8 Å². The van der Waals surface area contributed by atoms with E-state index in [1.165, 1.54) is 7.28 Å². The van der Waals surface area contributed by atoms with E-state index in [2.05, 4.69) is 0 Å². The van der Waals surface area contributed by atoms with E-state index in [0.29, 0.717) is 0 Å². The Balaban J connectivity index is 4.15. The molecule has 0 unspecified atom stereocenters. The lowest BCUT2D eigenvalue weighted by molar-refractivity contribution is -0.153. The Bertz CT molecular complexity index is 163. The third kappa shape index (κ3) is 3.96. The van der Waals surface area contributed by atoms with E-state index in [1.807, 2.05) is 0 Å². The Morgan fingerprint density at radius 2 is 1.54 bits per heavy atom. The van der Waals surface area contributed by atoms with Crippen LogP contribution in [0.25, 0.3) is 0 Å². The maximum absolute atomic E-state index is 11.1. The molecule has 0 aliphatic heterocycles. The summed E-state index contributed by atoms with van der Waals surface area (Å²) in [6.45, 7) is 5.54. The second-order valence-corrected chi connectivity index (χ2v) is 2.32. The Morgan fingerprint density at radius 3 is 1.77 bits per heavy atom. The maximum Gasteiger partial charge on any atom is 0.311 e. The van der Waals surface area contributed by atoms with Crippen LogP contribution in [0.4, 0.5) is 0 Å². The highest BCUT2D eigenvalue weighted by Crippen LogP contribution is 2.08. The molecular weight excluding hydrogens is 171 g/mol. The summed E-state index contributed by atoms with van der Waals surface area (Å²) in [6, 6.07) is 0. The van der Waals surface area contributed by atoms with Gasteiger partial charge >= 0.3 is 11.9 Å². The van der Waals surface area contributed by atoms with Crippen molar-refractivity contribution in [2.45, 2.75) is 26.5 Å². The number of carbonyl (C=O) groups excluding carboxylic acids is 2. The highest BCUT2D eigenvalue weighted by Gasteiger charge is 2.27. The van der Waals surface area contributed by atoms with E-state index < -0.39 is 17.8 Å². The first-order chi connectivity index (χ1) is 6.17. The summed E-state index contributed by atoms with van der Waals surface area (Å²) in [5.41, 5.74) is 0. The van der Waals surface area contributed by atoms with Crippen LogP contribution in [0.5, 0.6) is 0 Å². The van der Waals surface area contributed by atoms with Crippen LogP contribution < -0.4 is 0 Å². The monoisotopic (exact) mass is 185 g/mol. The predicted molar refractivity (Wildman–Crippen MR) is 48.6 cm³/mol. The Morgan fingerprint density at radius 1 is 1.15 bits per heavy atom. The number of carbonyl (C=O) groups is 2. The van der Waals surface area contributed by atoms with Gasteiger partial charge in [0.2, 0.25) is 0 Å². The average Bonchev–Trinajstić information content (AvgIpc) is 2.06. The molecule has 1 radical (unpaired) electrons. The normalized spacial score (nSPS) is 9.54. The van der Waals surface area contributed by atoms with E-state index in [4.69, 9.17) is 9.47 Å². The van der Waals surface area contributed by atoms with Gasteiger partial charge in [-0.25, -0.2) is 0 Å². The quantitative estimate of drug-likeness (QED) is 0.358. The molecule has 0 atom stereocenters. The molecule has 0 saturated heterocycles. The molecule has 0 amide bonds. The molecule has 5 heteroatoms. The smallest absolute Gasteiger partial charge is 0.311 e. The number of hydrogen-bond acceptors (Lipinski definition) is 4. The first-order valence-corrected chi connectivity index (χ1v) is 4.30. The third-order valence-corrected chi connectivity index (χ3v) is 1.41. The van der Waals surface area contributed by atoms with Crippen molar-refractivity contribution < 1.29 is 19.1 Å². The summed E-state index contributed by atoms with van der Waals surface area (Å²) in [6.07, 6.45) is 0. The van der Waals surface area contributed by atoms with Crippen LogP contribution in [-0.2, 0) is 19.1 Å². The highest BCUT2D eigenvalue weighted by atomic mass is 16.6. The summed E-state index contributed by atoms with van der Waals surface area (Å²) in [5, 5.41) is 0. The molecule has 0 aromatic heterocycles. The van der Waals surface area contributed by atoms with Crippen molar-refractivity contribution in [3.05, 3.63) is 0 Å². The van der Waals surface area contributed by atoms with Gasteiger partial charge in [-0.3, -0.25) is 9.59 Å². The molecule has 4 nitrogen and oxygen atoms in total. The summed E-state index contributed by atoms with van der Waals surface area (Å²) in [4.78, 5) is 22.3. The van der Waals surface area contributed by atoms with E-state index in [-0.39, 0.29) is 13.2 Å². The molecule has 0 aliphatic carbocycles. The van der Waals surface area contributed by atoms with Gasteiger partial charge in [0.1, 0.15) is 13.1 Å². The summed E-state index contributed by atoms with van der Waals surface area (Å²) in [7, 11) is 1.47. The van der Waals surface area contributed by atoms with Gasteiger partial charge in [-0.15, -0.1) is 0 Å². The van der Waals surface area contributed by atoms with Crippen molar-refractivity contribution in [2.75, 3.05) is 13.2 Å². The molecule has 0 fully saturated rings. The fourth-order valence-corrected chi connectivity index (χ4v) is 0.832. The Labute approximate surface area is 78.8 Å². The molecule has 0 spiro atoms. The van der Waals surface area contributed by atoms with Gasteiger partial charge in [-0.2, -0.15) is 0 Å². The molecule has 13 heavy (non-hydrogen) atoms. The second-order valence-electron chi connectivity index (χ2n) is 2.32. The summed E-state index contributed by atoms with van der Waals surface area (Å²) >= 11 is 0. The molecular formula is C8H14BO4. The third-order valence-electron chi connectivity index (χ3n) is 1.41. The minimum Gasteiger partial charge on any atom is -0.466 e. The number of hydrogen-bond donors (Lipinski definition) is 0. The van der Waals surface area contributed by atoms with Crippen LogP contribution in [0.2, 0.25) is 12.6 Å². The molecule has 0 aromatic carbocycles. The predicted octanol–water partition coefficient (Wildman–Crippen LogP) is 0.653. The molecule has 0 rings (SSSR count). The zero-order valence-electron chi connectivity index (χ0n) is 8.20. The standard InChI is InChI=1S/C8H14BO4/c1-4-12-7(10)6(9-3)8(11)13-5-2/h6H,4-5H2,1-3H3. The topological polar surface area (TPSA) is 52.6 Å². The Hall–Kier alpha value is -0.995. The summed E-state index contributed by atoms with van der Waals surface area (Å²) < 4.78 is 9.38. The van der Waals surface area contributed by atoms with Crippen molar-refractivity contribution in [3.8, 4) is 0 Å². The SMILES string of the molecule is C[B]C(C(=O)OCC)C(=O)OCC. The minimum atomic E-state index is -0.889. The van der Waals surface area contributed by atoms with Crippen LogP contribution in [-0.4, -0.2) is 32.4 Å². The molecule has 0 aromatic rings. The van der Waals surface area contributed by atoms with Gasteiger partial charge in [0.25, 0.3) is 0 Å². The van der Waals surface area contributed by atoms with E-state index in [1.54, 1.807) is 20.7 Å². The minimum absolute atomic E-state index is 0.266. The van der Waals surface area contributed by atoms with Crippen molar-refractivity contribution >= 4 is 19.2 Å². The summed E-state index contributed by atoms with van der Waals surface area (Å²) in [5.74, 6) is -1.99. The largest absolute Gasteiger partial charge is 0.466 e. The van der Waals surface area contributed by atoms with Crippen LogP contribution >= 0.6 is 0 Å². The van der Waals surface area contributed by atoms with Crippen molar-refractivity contribution in [1.82, 2.24) is 0 Å². The number of ether oxygens (including phenoxy) is 2. The van der Waals surface area contributed by atoms with Crippen LogP contribution in [0.15, 0.2) is 0 Å². The average molecular weight is 185 g/mol. The van der Waals surface area contributed by atoms with Crippen LogP contribution in [0, 0.1) is 0 Å². The maximum atomic E-state index is 11.1.